The van der Waals surface area contributed by atoms with Gasteiger partial charge in [0.25, 0.3) is 0 Å². The van der Waals surface area contributed by atoms with Gasteiger partial charge in [-0.15, -0.1) is 11.6 Å². The van der Waals surface area contributed by atoms with Crippen LogP contribution in [0.4, 0.5) is 0 Å². The minimum atomic E-state index is 0.372. The molecule has 0 aliphatic carbocycles. The SMILES string of the molecule is CC(CCCl)CCN1CCC(CO)CC1. The zero-order chi connectivity index (χ0) is 11.1. The Labute approximate surface area is 98.6 Å². The Hall–Kier alpha value is 0.210. The second-order valence-corrected chi connectivity index (χ2v) is 5.22. The van der Waals surface area contributed by atoms with Crippen molar-refractivity contribution in [3.05, 3.63) is 0 Å². The molecule has 1 aliphatic heterocycles. The van der Waals surface area contributed by atoms with Crippen LogP contribution in [0.15, 0.2) is 0 Å². The molecule has 1 atom stereocenters. The highest BCUT2D eigenvalue weighted by Gasteiger charge is 2.18. The molecular weight excluding hydrogens is 210 g/mol. The summed E-state index contributed by atoms with van der Waals surface area (Å²) in [6.07, 6.45) is 4.73. The maximum absolute atomic E-state index is 9.03. The highest BCUT2D eigenvalue weighted by Crippen LogP contribution is 2.18. The van der Waals surface area contributed by atoms with E-state index < -0.39 is 0 Å². The third kappa shape index (κ3) is 5.19. The van der Waals surface area contributed by atoms with Gasteiger partial charge in [0, 0.05) is 12.5 Å². The lowest BCUT2D eigenvalue weighted by Crippen LogP contribution is -2.35. The molecular formula is C12H24ClNO. The monoisotopic (exact) mass is 233 g/mol. The molecule has 0 aromatic rings. The second kappa shape index (κ2) is 7.48. The lowest BCUT2D eigenvalue weighted by Gasteiger charge is -2.31. The van der Waals surface area contributed by atoms with Crippen LogP contribution >= 0.6 is 11.6 Å². The lowest BCUT2D eigenvalue weighted by molar-refractivity contribution is 0.127. The number of alkyl halides is 1. The summed E-state index contributed by atoms with van der Waals surface area (Å²) in [5.74, 6) is 2.09. The molecule has 15 heavy (non-hydrogen) atoms. The molecule has 1 aliphatic rings. The van der Waals surface area contributed by atoms with Gasteiger partial charge in [0.2, 0.25) is 0 Å². The molecule has 0 spiro atoms. The molecule has 1 fully saturated rings. The number of piperidine rings is 1. The lowest BCUT2D eigenvalue weighted by atomic mass is 9.97. The summed E-state index contributed by atoms with van der Waals surface area (Å²) in [6.45, 7) is 6.19. The first-order valence-electron chi connectivity index (χ1n) is 6.15. The standard InChI is InChI=1S/C12H24ClNO/c1-11(2-6-13)3-7-14-8-4-12(10-15)5-9-14/h11-12,15H,2-10H2,1H3. The average molecular weight is 234 g/mol. The van der Waals surface area contributed by atoms with E-state index in [9.17, 15) is 0 Å². The first kappa shape index (κ1) is 13.3. The smallest absolute Gasteiger partial charge is 0.0460 e. The van der Waals surface area contributed by atoms with Crippen molar-refractivity contribution >= 4 is 11.6 Å². The maximum Gasteiger partial charge on any atom is 0.0460 e. The number of likely N-dealkylation sites (tertiary alicyclic amines) is 1. The number of rotatable bonds is 6. The van der Waals surface area contributed by atoms with Crippen molar-refractivity contribution in [2.24, 2.45) is 11.8 Å². The Balaban J connectivity index is 2.08. The van der Waals surface area contributed by atoms with Crippen LogP contribution in [-0.4, -0.2) is 42.1 Å². The van der Waals surface area contributed by atoms with E-state index in [1.54, 1.807) is 0 Å². The van der Waals surface area contributed by atoms with Gasteiger partial charge in [-0.3, -0.25) is 0 Å². The largest absolute Gasteiger partial charge is 0.396 e. The van der Waals surface area contributed by atoms with Gasteiger partial charge in [0.1, 0.15) is 0 Å². The van der Waals surface area contributed by atoms with Crippen LogP contribution in [0.2, 0.25) is 0 Å². The van der Waals surface area contributed by atoms with Gasteiger partial charge in [0.05, 0.1) is 0 Å². The predicted octanol–water partition coefficient (Wildman–Crippen LogP) is 2.35. The van der Waals surface area contributed by atoms with Crippen molar-refractivity contribution in [3.63, 3.8) is 0 Å². The average Bonchev–Trinajstić information content (AvgIpc) is 2.27. The number of nitrogens with zero attached hydrogens (tertiary/aromatic N) is 1. The van der Waals surface area contributed by atoms with E-state index in [-0.39, 0.29) is 0 Å². The second-order valence-electron chi connectivity index (χ2n) is 4.84. The van der Waals surface area contributed by atoms with Gasteiger partial charge in [-0.05, 0) is 57.2 Å². The fourth-order valence-corrected chi connectivity index (χ4v) is 2.50. The van der Waals surface area contributed by atoms with Crippen molar-refractivity contribution in [1.82, 2.24) is 4.90 Å². The summed E-state index contributed by atoms with van der Waals surface area (Å²) in [7, 11) is 0. The molecule has 0 saturated carbocycles. The van der Waals surface area contributed by atoms with Crippen molar-refractivity contribution in [2.45, 2.75) is 32.6 Å². The van der Waals surface area contributed by atoms with E-state index in [0.29, 0.717) is 12.5 Å². The summed E-state index contributed by atoms with van der Waals surface area (Å²) in [4.78, 5) is 2.52. The number of hydrogen-bond acceptors (Lipinski definition) is 2. The number of aliphatic hydroxyl groups is 1. The van der Waals surface area contributed by atoms with E-state index in [1.165, 1.54) is 38.9 Å². The summed E-state index contributed by atoms with van der Waals surface area (Å²) in [6, 6.07) is 0. The Morgan fingerprint density at radius 3 is 2.53 bits per heavy atom. The van der Waals surface area contributed by atoms with Gasteiger partial charge in [-0.1, -0.05) is 6.92 Å². The summed E-state index contributed by atoms with van der Waals surface area (Å²) < 4.78 is 0. The molecule has 2 nitrogen and oxygen atoms in total. The number of halogens is 1. The maximum atomic E-state index is 9.03. The molecule has 1 heterocycles. The van der Waals surface area contributed by atoms with E-state index >= 15 is 0 Å². The van der Waals surface area contributed by atoms with Gasteiger partial charge in [0.15, 0.2) is 0 Å². The molecule has 0 aromatic carbocycles. The molecule has 1 N–H and O–H groups in total. The van der Waals surface area contributed by atoms with Crippen LogP contribution in [0.3, 0.4) is 0 Å². The van der Waals surface area contributed by atoms with Crippen LogP contribution < -0.4 is 0 Å². The van der Waals surface area contributed by atoms with Crippen molar-refractivity contribution in [2.75, 3.05) is 32.1 Å². The molecule has 1 unspecified atom stereocenters. The van der Waals surface area contributed by atoms with Crippen LogP contribution in [0, 0.1) is 11.8 Å². The Morgan fingerprint density at radius 2 is 2.00 bits per heavy atom. The Kier molecular flexibility index (Phi) is 6.62. The predicted molar refractivity (Wildman–Crippen MR) is 65.4 cm³/mol. The normalized spacial score (nSPS) is 21.8. The molecule has 0 aromatic heterocycles. The van der Waals surface area contributed by atoms with Crippen molar-refractivity contribution < 1.29 is 5.11 Å². The summed E-state index contributed by atoms with van der Waals surface area (Å²) in [5.41, 5.74) is 0. The van der Waals surface area contributed by atoms with E-state index in [2.05, 4.69) is 11.8 Å². The first-order chi connectivity index (χ1) is 7.26. The first-order valence-corrected chi connectivity index (χ1v) is 6.69. The molecule has 0 bridgehead atoms. The fourth-order valence-electron chi connectivity index (χ4n) is 2.13. The van der Waals surface area contributed by atoms with Crippen LogP contribution in [0.5, 0.6) is 0 Å². The van der Waals surface area contributed by atoms with Crippen molar-refractivity contribution in [3.8, 4) is 0 Å². The highest BCUT2D eigenvalue weighted by molar-refractivity contribution is 6.17. The quantitative estimate of drug-likeness (QED) is 0.712. The Bertz CT molecular complexity index is 158. The summed E-state index contributed by atoms with van der Waals surface area (Å²) in [5, 5.41) is 9.03. The van der Waals surface area contributed by atoms with E-state index in [0.717, 1.165) is 18.2 Å². The minimum Gasteiger partial charge on any atom is -0.396 e. The molecule has 0 amide bonds. The van der Waals surface area contributed by atoms with Gasteiger partial charge >= 0.3 is 0 Å². The zero-order valence-corrected chi connectivity index (χ0v) is 10.5. The topological polar surface area (TPSA) is 23.5 Å². The molecule has 1 rings (SSSR count). The molecule has 90 valence electrons. The Morgan fingerprint density at radius 1 is 1.33 bits per heavy atom. The van der Waals surface area contributed by atoms with E-state index in [1.807, 2.05) is 0 Å². The molecule has 1 saturated heterocycles. The van der Waals surface area contributed by atoms with E-state index in [4.69, 9.17) is 16.7 Å². The van der Waals surface area contributed by atoms with Crippen LogP contribution in [0.25, 0.3) is 0 Å². The number of hydrogen-bond donors (Lipinski definition) is 1. The van der Waals surface area contributed by atoms with Crippen molar-refractivity contribution in [1.29, 1.82) is 0 Å². The third-order valence-electron chi connectivity index (χ3n) is 3.51. The van der Waals surface area contributed by atoms with Crippen LogP contribution in [0.1, 0.15) is 32.6 Å². The van der Waals surface area contributed by atoms with Gasteiger partial charge in [-0.2, -0.15) is 0 Å². The minimum absolute atomic E-state index is 0.372. The molecule has 3 heteroatoms. The molecule has 0 radical (unpaired) electrons. The van der Waals surface area contributed by atoms with Gasteiger partial charge in [-0.25, -0.2) is 0 Å². The van der Waals surface area contributed by atoms with Gasteiger partial charge < -0.3 is 10.0 Å². The zero-order valence-electron chi connectivity index (χ0n) is 9.79. The van der Waals surface area contributed by atoms with Crippen LogP contribution in [-0.2, 0) is 0 Å². The summed E-state index contributed by atoms with van der Waals surface area (Å²) >= 11 is 5.71. The fraction of sp³-hybridized carbons (Fsp3) is 1.00. The third-order valence-corrected chi connectivity index (χ3v) is 3.72. The highest BCUT2D eigenvalue weighted by atomic mass is 35.5. The number of aliphatic hydroxyl groups excluding tert-OH is 1.